The molecule has 0 aliphatic rings. The van der Waals surface area contributed by atoms with Crippen LogP contribution in [-0.2, 0) is 6.54 Å². The Morgan fingerprint density at radius 3 is 2.61 bits per heavy atom. The van der Waals surface area contributed by atoms with Gasteiger partial charge in [-0.25, -0.2) is 4.79 Å². The minimum absolute atomic E-state index is 0.235. The molecular weight excluding hydrogens is 228 g/mol. The van der Waals surface area contributed by atoms with Gasteiger partial charge in [0.15, 0.2) is 0 Å². The summed E-state index contributed by atoms with van der Waals surface area (Å²) in [6.45, 7) is 7.92. The highest BCUT2D eigenvalue weighted by atomic mass is 16.4. The highest BCUT2D eigenvalue weighted by Crippen LogP contribution is 2.20. The zero-order chi connectivity index (χ0) is 13.7. The summed E-state index contributed by atoms with van der Waals surface area (Å²) in [7, 11) is 0. The molecular formula is C14H22N2O2. The lowest BCUT2D eigenvalue weighted by Gasteiger charge is -2.26. The zero-order valence-electron chi connectivity index (χ0n) is 11.3. The summed E-state index contributed by atoms with van der Waals surface area (Å²) in [5, 5.41) is 9.23. The van der Waals surface area contributed by atoms with Crippen LogP contribution in [0.4, 0.5) is 5.69 Å². The molecule has 100 valence electrons. The number of benzene rings is 1. The van der Waals surface area contributed by atoms with Gasteiger partial charge in [0.1, 0.15) is 0 Å². The Labute approximate surface area is 108 Å². The molecule has 0 aliphatic heterocycles. The molecule has 0 heterocycles. The highest BCUT2D eigenvalue weighted by molar-refractivity contribution is 5.95. The molecule has 0 aliphatic carbocycles. The number of carbonyl (C=O) groups is 1. The fourth-order valence-electron chi connectivity index (χ4n) is 2.04. The van der Waals surface area contributed by atoms with Crippen LogP contribution in [0.5, 0.6) is 0 Å². The van der Waals surface area contributed by atoms with Crippen molar-refractivity contribution in [3.63, 3.8) is 0 Å². The van der Waals surface area contributed by atoms with E-state index in [0.29, 0.717) is 18.3 Å². The summed E-state index contributed by atoms with van der Waals surface area (Å²) in [5.74, 6) is -0.955. The summed E-state index contributed by atoms with van der Waals surface area (Å²) in [5.41, 5.74) is 7.10. The predicted molar refractivity (Wildman–Crippen MR) is 73.7 cm³/mol. The first-order valence-corrected chi connectivity index (χ1v) is 6.32. The summed E-state index contributed by atoms with van der Waals surface area (Å²) < 4.78 is 0. The quantitative estimate of drug-likeness (QED) is 0.761. The van der Waals surface area contributed by atoms with Crippen molar-refractivity contribution in [3.8, 4) is 0 Å². The Bertz CT molecular complexity index is 416. The molecule has 18 heavy (non-hydrogen) atoms. The topological polar surface area (TPSA) is 66.6 Å². The minimum Gasteiger partial charge on any atom is -0.478 e. The van der Waals surface area contributed by atoms with E-state index in [1.807, 2.05) is 12.1 Å². The van der Waals surface area contributed by atoms with Gasteiger partial charge in [-0.3, -0.25) is 4.90 Å². The third kappa shape index (κ3) is 3.47. The minimum atomic E-state index is -0.955. The zero-order valence-corrected chi connectivity index (χ0v) is 11.3. The van der Waals surface area contributed by atoms with Gasteiger partial charge in [0.2, 0.25) is 0 Å². The van der Waals surface area contributed by atoms with Gasteiger partial charge >= 0.3 is 5.97 Å². The van der Waals surface area contributed by atoms with E-state index < -0.39 is 5.97 Å². The Morgan fingerprint density at radius 1 is 1.44 bits per heavy atom. The number of nitrogens with two attached hydrogens (primary N) is 1. The monoisotopic (exact) mass is 250 g/mol. The number of rotatable bonds is 6. The molecule has 1 aromatic rings. The second kappa shape index (κ2) is 6.40. The SMILES string of the molecule is CCCN(Cc1cccc(N)c1C(=O)O)C(C)C. The number of hydrogen-bond donors (Lipinski definition) is 2. The number of hydrogen-bond acceptors (Lipinski definition) is 3. The van der Waals surface area contributed by atoms with Gasteiger partial charge < -0.3 is 10.8 Å². The maximum atomic E-state index is 11.3. The van der Waals surface area contributed by atoms with E-state index in [9.17, 15) is 9.90 Å². The average molecular weight is 250 g/mol. The molecule has 0 bridgehead atoms. The standard InChI is InChI=1S/C14H22N2O2/c1-4-8-16(10(2)3)9-11-6-5-7-12(15)13(11)14(17)18/h5-7,10H,4,8-9,15H2,1-3H3,(H,17,18). The molecule has 0 spiro atoms. The maximum Gasteiger partial charge on any atom is 0.338 e. The molecule has 3 N–H and O–H groups in total. The average Bonchev–Trinajstić information content (AvgIpc) is 2.27. The lowest BCUT2D eigenvalue weighted by molar-refractivity contribution is 0.0695. The van der Waals surface area contributed by atoms with E-state index in [4.69, 9.17) is 5.73 Å². The molecule has 0 amide bonds. The molecule has 0 saturated heterocycles. The maximum absolute atomic E-state index is 11.3. The Morgan fingerprint density at radius 2 is 2.11 bits per heavy atom. The largest absolute Gasteiger partial charge is 0.478 e. The van der Waals surface area contributed by atoms with Crippen LogP contribution in [0.25, 0.3) is 0 Å². The van der Waals surface area contributed by atoms with Crippen molar-refractivity contribution < 1.29 is 9.90 Å². The molecule has 4 heteroatoms. The summed E-state index contributed by atoms with van der Waals surface area (Å²) >= 11 is 0. The predicted octanol–water partition coefficient (Wildman–Crippen LogP) is 2.59. The second-order valence-electron chi connectivity index (χ2n) is 4.75. The van der Waals surface area contributed by atoms with Crippen molar-refractivity contribution in [2.24, 2.45) is 0 Å². The molecule has 0 unspecified atom stereocenters. The van der Waals surface area contributed by atoms with Crippen molar-refractivity contribution >= 4 is 11.7 Å². The number of nitrogen functional groups attached to an aromatic ring is 1. The molecule has 1 rings (SSSR count). The Hall–Kier alpha value is -1.55. The normalized spacial score (nSPS) is 11.2. The van der Waals surface area contributed by atoms with Crippen LogP contribution in [0.3, 0.4) is 0 Å². The number of aromatic carboxylic acids is 1. The number of nitrogens with zero attached hydrogens (tertiary/aromatic N) is 1. The van der Waals surface area contributed by atoms with E-state index in [-0.39, 0.29) is 5.56 Å². The van der Waals surface area contributed by atoms with Gasteiger partial charge in [-0.1, -0.05) is 19.1 Å². The second-order valence-corrected chi connectivity index (χ2v) is 4.75. The third-order valence-corrected chi connectivity index (χ3v) is 3.01. The summed E-state index contributed by atoms with van der Waals surface area (Å²) in [6.07, 6.45) is 1.04. The van der Waals surface area contributed by atoms with Crippen molar-refractivity contribution in [3.05, 3.63) is 29.3 Å². The fourth-order valence-corrected chi connectivity index (χ4v) is 2.04. The molecule has 0 atom stereocenters. The van der Waals surface area contributed by atoms with Crippen LogP contribution in [-0.4, -0.2) is 28.6 Å². The number of anilines is 1. The molecule has 4 nitrogen and oxygen atoms in total. The van der Waals surface area contributed by atoms with Gasteiger partial charge in [0.25, 0.3) is 0 Å². The van der Waals surface area contributed by atoms with Gasteiger partial charge in [0, 0.05) is 18.3 Å². The van der Waals surface area contributed by atoms with E-state index in [2.05, 4.69) is 25.7 Å². The first kappa shape index (κ1) is 14.5. The molecule has 0 radical (unpaired) electrons. The first-order chi connectivity index (χ1) is 8.47. The fraction of sp³-hybridized carbons (Fsp3) is 0.500. The lowest BCUT2D eigenvalue weighted by atomic mass is 10.0. The van der Waals surface area contributed by atoms with Crippen LogP contribution < -0.4 is 5.73 Å². The van der Waals surface area contributed by atoms with Gasteiger partial charge in [-0.05, 0) is 38.4 Å². The first-order valence-electron chi connectivity index (χ1n) is 6.32. The van der Waals surface area contributed by atoms with Gasteiger partial charge in [-0.2, -0.15) is 0 Å². The Balaban J connectivity index is 3.02. The van der Waals surface area contributed by atoms with Gasteiger partial charge in [0.05, 0.1) is 5.56 Å². The van der Waals surface area contributed by atoms with Crippen LogP contribution in [0.2, 0.25) is 0 Å². The third-order valence-electron chi connectivity index (χ3n) is 3.01. The van der Waals surface area contributed by atoms with Crippen molar-refractivity contribution in [2.45, 2.75) is 39.8 Å². The highest BCUT2D eigenvalue weighted by Gasteiger charge is 2.17. The van der Waals surface area contributed by atoms with E-state index in [0.717, 1.165) is 18.5 Å². The summed E-state index contributed by atoms with van der Waals surface area (Å²) in [6, 6.07) is 5.66. The molecule has 1 aromatic carbocycles. The molecule has 0 aromatic heterocycles. The Kier molecular flexibility index (Phi) is 5.16. The van der Waals surface area contributed by atoms with Crippen molar-refractivity contribution in [2.75, 3.05) is 12.3 Å². The smallest absolute Gasteiger partial charge is 0.338 e. The number of carboxylic acid groups (broad SMARTS) is 1. The van der Waals surface area contributed by atoms with Crippen LogP contribution in [0.15, 0.2) is 18.2 Å². The molecule has 0 saturated carbocycles. The van der Waals surface area contributed by atoms with E-state index in [1.54, 1.807) is 6.07 Å². The summed E-state index contributed by atoms with van der Waals surface area (Å²) in [4.78, 5) is 13.5. The van der Waals surface area contributed by atoms with Gasteiger partial charge in [-0.15, -0.1) is 0 Å². The van der Waals surface area contributed by atoms with Crippen LogP contribution in [0.1, 0.15) is 43.1 Å². The van der Waals surface area contributed by atoms with Crippen LogP contribution in [0, 0.1) is 0 Å². The molecule has 0 fully saturated rings. The van der Waals surface area contributed by atoms with Crippen LogP contribution >= 0.6 is 0 Å². The number of carboxylic acids is 1. The van der Waals surface area contributed by atoms with Crippen molar-refractivity contribution in [1.29, 1.82) is 0 Å². The van der Waals surface area contributed by atoms with Crippen molar-refractivity contribution in [1.82, 2.24) is 4.90 Å². The van der Waals surface area contributed by atoms with E-state index >= 15 is 0 Å². The lowest BCUT2D eigenvalue weighted by Crippen LogP contribution is -2.31. The van der Waals surface area contributed by atoms with E-state index in [1.165, 1.54) is 0 Å².